The number of aromatic nitrogens is 4. The van der Waals surface area contributed by atoms with Gasteiger partial charge in [0.15, 0.2) is 6.61 Å². The van der Waals surface area contributed by atoms with Crippen molar-refractivity contribution in [3.8, 4) is 5.75 Å². The molecule has 0 aliphatic rings. The van der Waals surface area contributed by atoms with Crippen LogP contribution in [0, 0.1) is 0 Å². The predicted molar refractivity (Wildman–Crippen MR) is 114 cm³/mol. The summed E-state index contributed by atoms with van der Waals surface area (Å²) in [6.45, 7) is -0.444. The van der Waals surface area contributed by atoms with Gasteiger partial charge in [-0.2, -0.15) is 5.21 Å². The molecule has 4 aromatic rings. The minimum Gasteiger partial charge on any atom is -0.483 e. The van der Waals surface area contributed by atoms with E-state index in [2.05, 4.69) is 20.6 Å². The van der Waals surface area contributed by atoms with Gasteiger partial charge in [0.25, 0.3) is 11.9 Å². The lowest BCUT2D eigenvalue weighted by Gasteiger charge is -2.19. The molecule has 156 valence electrons. The smallest absolute Gasteiger partial charge is 0.335 e. The number of nitrogens with zero attached hydrogens (tertiary/aromatic N) is 4. The van der Waals surface area contributed by atoms with Crippen molar-refractivity contribution < 1.29 is 19.4 Å². The number of rotatable bonds is 6. The summed E-state index contributed by atoms with van der Waals surface area (Å²) in [6.07, 6.45) is 0. The number of fused-ring (bicyclic) bond motifs is 1. The fourth-order valence-electron chi connectivity index (χ4n) is 3.03. The maximum absolute atomic E-state index is 13.0. The first-order valence-corrected chi connectivity index (χ1v) is 9.60. The van der Waals surface area contributed by atoms with E-state index in [0.717, 1.165) is 0 Å². The summed E-state index contributed by atoms with van der Waals surface area (Å²) in [5, 5.41) is 24.5. The fourth-order valence-corrected chi connectivity index (χ4v) is 3.63. The van der Waals surface area contributed by atoms with Crippen LogP contribution in [-0.4, -0.2) is 44.2 Å². The number of carbonyl (C=O) groups is 2. The van der Waals surface area contributed by atoms with Crippen LogP contribution in [0.15, 0.2) is 54.6 Å². The highest BCUT2D eigenvalue weighted by atomic mass is 35.5. The van der Waals surface area contributed by atoms with Crippen molar-refractivity contribution in [3.05, 3.63) is 70.2 Å². The number of aromatic carboxylic acids is 1. The van der Waals surface area contributed by atoms with Crippen molar-refractivity contribution in [2.75, 3.05) is 11.5 Å². The van der Waals surface area contributed by atoms with Gasteiger partial charge >= 0.3 is 5.97 Å². The number of carbonyl (C=O) groups excluding carboxylic acids is 1. The molecule has 0 fully saturated rings. The first-order valence-electron chi connectivity index (χ1n) is 8.84. The number of halogens is 2. The van der Waals surface area contributed by atoms with E-state index in [0.29, 0.717) is 21.5 Å². The Kier molecular flexibility index (Phi) is 5.70. The minimum absolute atomic E-state index is 0.0358. The summed E-state index contributed by atoms with van der Waals surface area (Å²) < 4.78 is 5.72. The number of aromatic amines is 1. The van der Waals surface area contributed by atoms with Gasteiger partial charge in [-0.3, -0.25) is 4.79 Å². The van der Waals surface area contributed by atoms with Crippen LogP contribution in [0.5, 0.6) is 5.75 Å². The highest BCUT2D eigenvalue weighted by molar-refractivity contribution is 6.39. The van der Waals surface area contributed by atoms with Crippen LogP contribution in [0.1, 0.15) is 10.4 Å². The number of carboxylic acids is 1. The van der Waals surface area contributed by atoms with E-state index in [1.807, 2.05) is 0 Å². The van der Waals surface area contributed by atoms with Crippen LogP contribution >= 0.6 is 23.2 Å². The molecule has 11 heteroatoms. The summed E-state index contributed by atoms with van der Waals surface area (Å²) in [6, 6.07) is 14.5. The summed E-state index contributed by atoms with van der Waals surface area (Å²) in [5.41, 5.74) is 0.470. The summed E-state index contributed by atoms with van der Waals surface area (Å²) in [4.78, 5) is 25.8. The molecule has 1 aromatic heterocycles. The zero-order chi connectivity index (χ0) is 22.0. The van der Waals surface area contributed by atoms with E-state index < -0.39 is 18.5 Å². The van der Waals surface area contributed by atoms with Crippen molar-refractivity contribution in [1.29, 1.82) is 0 Å². The Morgan fingerprint density at radius 3 is 2.55 bits per heavy atom. The molecule has 0 aliphatic carbocycles. The van der Waals surface area contributed by atoms with Gasteiger partial charge in [0.2, 0.25) is 0 Å². The topological polar surface area (TPSA) is 121 Å². The van der Waals surface area contributed by atoms with Crippen LogP contribution in [0.25, 0.3) is 10.8 Å². The van der Waals surface area contributed by atoms with Crippen LogP contribution in [0.3, 0.4) is 0 Å². The van der Waals surface area contributed by atoms with Crippen molar-refractivity contribution in [2.24, 2.45) is 0 Å². The van der Waals surface area contributed by atoms with E-state index in [1.54, 1.807) is 36.4 Å². The molecule has 2 N–H and O–H groups in total. The number of tetrazole rings is 1. The number of carboxylic acid groups (broad SMARTS) is 1. The van der Waals surface area contributed by atoms with Gasteiger partial charge in [-0.1, -0.05) is 46.5 Å². The third kappa shape index (κ3) is 4.27. The Morgan fingerprint density at radius 1 is 1.10 bits per heavy atom. The number of para-hydroxylation sites is 1. The van der Waals surface area contributed by atoms with Gasteiger partial charge in [0.1, 0.15) is 5.75 Å². The average molecular weight is 458 g/mol. The summed E-state index contributed by atoms with van der Waals surface area (Å²) in [5.74, 6) is -1.50. The molecule has 0 radical (unpaired) electrons. The molecule has 0 unspecified atom stereocenters. The first kappa shape index (κ1) is 20.6. The Balaban J connectivity index is 1.69. The van der Waals surface area contributed by atoms with Crippen LogP contribution in [0.2, 0.25) is 10.0 Å². The molecule has 31 heavy (non-hydrogen) atoms. The van der Waals surface area contributed by atoms with E-state index in [1.165, 1.54) is 23.1 Å². The molecule has 1 heterocycles. The molecule has 0 aliphatic heterocycles. The third-order valence-electron chi connectivity index (χ3n) is 4.33. The minimum atomic E-state index is -1.16. The number of H-pyrrole nitrogens is 1. The van der Waals surface area contributed by atoms with E-state index in [-0.39, 0.29) is 22.3 Å². The van der Waals surface area contributed by atoms with Crippen LogP contribution in [-0.2, 0) is 4.79 Å². The van der Waals surface area contributed by atoms with E-state index >= 15 is 0 Å². The maximum atomic E-state index is 13.0. The standard InChI is InChI=1S/C20H13Cl2N5O4/c21-13-7-11-6-12(19(29)30)8-16(18(11)15(22)9-13)31-10-17(28)27(20-23-25-26-24-20)14-4-2-1-3-5-14/h1-9H,10H2,(H,29,30)(H,23,24,25,26). The zero-order valence-electron chi connectivity index (χ0n) is 15.6. The molecule has 9 nitrogen and oxygen atoms in total. The molecule has 0 bridgehead atoms. The number of anilines is 2. The quantitative estimate of drug-likeness (QED) is 0.446. The number of ether oxygens (including phenoxy) is 1. The van der Waals surface area contributed by atoms with Crippen LogP contribution < -0.4 is 9.64 Å². The molecular formula is C20H13Cl2N5O4. The number of nitrogens with one attached hydrogen (secondary N) is 1. The van der Waals surface area contributed by atoms with Crippen LogP contribution in [0.4, 0.5) is 11.6 Å². The number of hydrogen-bond donors (Lipinski definition) is 2. The Hall–Kier alpha value is -3.69. The van der Waals surface area contributed by atoms with Gasteiger partial charge in [-0.15, -0.1) is 5.10 Å². The molecule has 0 saturated heterocycles. The lowest BCUT2D eigenvalue weighted by Crippen LogP contribution is -2.31. The van der Waals surface area contributed by atoms with Crippen molar-refractivity contribution in [2.45, 2.75) is 0 Å². The normalized spacial score (nSPS) is 10.8. The Bertz CT molecular complexity index is 1270. The highest BCUT2D eigenvalue weighted by Crippen LogP contribution is 2.36. The molecule has 1 amide bonds. The monoisotopic (exact) mass is 457 g/mol. The molecule has 4 rings (SSSR count). The molecule has 0 saturated carbocycles. The van der Waals surface area contributed by atoms with Crippen molar-refractivity contribution in [1.82, 2.24) is 20.6 Å². The van der Waals surface area contributed by atoms with E-state index in [9.17, 15) is 14.7 Å². The third-order valence-corrected chi connectivity index (χ3v) is 4.84. The SMILES string of the molecule is O=C(O)c1cc(OCC(=O)N(c2ccccc2)c2nn[nH]n2)c2c(Cl)cc(Cl)cc2c1. The second-order valence-corrected chi connectivity index (χ2v) is 7.17. The average Bonchev–Trinajstić information content (AvgIpc) is 3.26. The lowest BCUT2D eigenvalue weighted by molar-refractivity contribution is -0.119. The number of amides is 1. The second kappa shape index (κ2) is 8.58. The Labute approximate surface area is 185 Å². The number of hydrogen-bond acceptors (Lipinski definition) is 6. The second-order valence-electron chi connectivity index (χ2n) is 6.33. The first-order chi connectivity index (χ1) is 14.9. The van der Waals surface area contributed by atoms with Crippen molar-refractivity contribution >= 4 is 57.5 Å². The predicted octanol–water partition coefficient (Wildman–Crippen LogP) is 4.10. The molecule has 0 atom stereocenters. The lowest BCUT2D eigenvalue weighted by atomic mass is 10.1. The molecule has 3 aromatic carbocycles. The molecular weight excluding hydrogens is 445 g/mol. The van der Waals surface area contributed by atoms with Gasteiger partial charge in [-0.25, -0.2) is 9.69 Å². The number of benzene rings is 3. The van der Waals surface area contributed by atoms with Crippen molar-refractivity contribution in [3.63, 3.8) is 0 Å². The van der Waals surface area contributed by atoms with Gasteiger partial charge in [-0.05, 0) is 47.0 Å². The largest absolute Gasteiger partial charge is 0.483 e. The summed E-state index contributed by atoms with van der Waals surface area (Å²) in [7, 11) is 0. The zero-order valence-corrected chi connectivity index (χ0v) is 17.1. The highest BCUT2D eigenvalue weighted by Gasteiger charge is 2.23. The summed E-state index contributed by atoms with van der Waals surface area (Å²) >= 11 is 12.4. The maximum Gasteiger partial charge on any atom is 0.335 e. The molecule has 0 spiro atoms. The van der Waals surface area contributed by atoms with Gasteiger partial charge in [0.05, 0.1) is 16.3 Å². The van der Waals surface area contributed by atoms with E-state index in [4.69, 9.17) is 27.9 Å². The Morgan fingerprint density at radius 2 is 1.87 bits per heavy atom. The fraction of sp³-hybridized carbons (Fsp3) is 0.0500. The van der Waals surface area contributed by atoms with Gasteiger partial charge in [0, 0.05) is 10.4 Å². The van der Waals surface area contributed by atoms with Gasteiger partial charge < -0.3 is 9.84 Å².